The Balaban J connectivity index is 2.89. The van der Waals surface area contributed by atoms with E-state index in [0.29, 0.717) is 19.0 Å². The van der Waals surface area contributed by atoms with Gasteiger partial charge in [-0.2, -0.15) is 0 Å². The smallest absolute Gasteiger partial charge is 0.410 e. The van der Waals surface area contributed by atoms with E-state index in [1.165, 1.54) is 6.42 Å². The van der Waals surface area contributed by atoms with Gasteiger partial charge in [0.25, 0.3) is 0 Å². The lowest BCUT2D eigenvalue weighted by Crippen LogP contribution is -2.59. The molecule has 0 aromatic rings. The quantitative estimate of drug-likeness (QED) is 0.857. The van der Waals surface area contributed by atoms with Crippen molar-refractivity contribution in [2.24, 2.45) is 11.7 Å². The maximum absolute atomic E-state index is 12.4. The van der Waals surface area contributed by atoms with Crippen molar-refractivity contribution in [2.75, 3.05) is 13.1 Å². The molecule has 112 valence electrons. The fourth-order valence-electron chi connectivity index (χ4n) is 3.15. The first-order chi connectivity index (χ1) is 8.74. The minimum Gasteiger partial charge on any atom is -0.444 e. The number of likely N-dealkylation sites (N-methyl/N-ethyl adjacent to an activating group) is 1. The predicted octanol–water partition coefficient (Wildman–Crippen LogP) is 3.15. The molecule has 0 saturated heterocycles. The zero-order valence-electron chi connectivity index (χ0n) is 13.2. The molecule has 2 unspecified atom stereocenters. The second-order valence-electron chi connectivity index (χ2n) is 6.85. The summed E-state index contributed by atoms with van der Waals surface area (Å²) in [5.41, 5.74) is 5.36. The number of carbonyl (C=O) groups excluding carboxylic acids is 1. The summed E-state index contributed by atoms with van der Waals surface area (Å²) in [4.78, 5) is 14.3. The van der Waals surface area contributed by atoms with Crippen LogP contribution in [0.25, 0.3) is 0 Å². The molecule has 1 amide bonds. The molecule has 4 nitrogen and oxygen atoms in total. The Morgan fingerprint density at radius 1 is 1.47 bits per heavy atom. The highest BCUT2D eigenvalue weighted by Crippen LogP contribution is 2.36. The highest BCUT2D eigenvalue weighted by molar-refractivity contribution is 5.69. The predicted molar refractivity (Wildman–Crippen MR) is 78.0 cm³/mol. The minimum absolute atomic E-state index is 0.214. The van der Waals surface area contributed by atoms with Crippen LogP contribution >= 0.6 is 0 Å². The van der Waals surface area contributed by atoms with Crippen LogP contribution in [0.2, 0.25) is 0 Å². The molecule has 1 rings (SSSR count). The van der Waals surface area contributed by atoms with Gasteiger partial charge >= 0.3 is 6.09 Å². The Morgan fingerprint density at radius 3 is 2.53 bits per heavy atom. The molecule has 1 fully saturated rings. The number of rotatable bonds is 3. The first kappa shape index (κ1) is 16.3. The van der Waals surface area contributed by atoms with Crippen LogP contribution in [0.3, 0.4) is 0 Å². The van der Waals surface area contributed by atoms with Crippen molar-refractivity contribution in [3.05, 3.63) is 0 Å². The number of nitrogens with two attached hydrogens (primary N) is 1. The lowest BCUT2D eigenvalue weighted by Gasteiger charge is -2.47. The van der Waals surface area contributed by atoms with Gasteiger partial charge in [0.05, 0.1) is 5.54 Å². The summed E-state index contributed by atoms with van der Waals surface area (Å²) in [6.07, 6.45) is 4.11. The van der Waals surface area contributed by atoms with Crippen LogP contribution in [0.5, 0.6) is 0 Å². The van der Waals surface area contributed by atoms with Crippen LogP contribution in [-0.2, 0) is 4.74 Å². The summed E-state index contributed by atoms with van der Waals surface area (Å²) in [7, 11) is 0. The normalized spacial score (nSPS) is 28.0. The maximum atomic E-state index is 12.4. The average Bonchev–Trinajstić information content (AvgIpc) is 2.27. The topological polar surface area (TPSA) is 55.6 Å². The molecule has 0 radical (unpaired) electrons. The van der Waals surface area contributed by atoms with Gasteiger partial charge in [-0.05, 0) is 46.5 Å². The first-order valence-electron chi connectivity index (χ1n) is 7.45. The Labute approximate surface area is 117 Å². The molecule has 1 aliphatic carbocycles. The highest BCUT2D eigenvalue weighted by Gasteiger charge is 2.42. The fraction of sp³-hybridized carbons (Fsp3) is 0.933. The van der Waals surface area contributed by atoms with Crippen molar-refractivity contribution in [3.8, 4) is 0 Å². The zero-order valence-corrected chi connectivity index (χ0v) is 13.2. The van der Waals surface area contributed by atoms with Crippen molar-refractivity contribution < 1.29 is 9.53 Å². The van der Waals surface area contributed by atoms with Gasteiger partial charge in [-0.1, -0.05) is 19.8 Å². The fourth-order valence-corrected chi connectivity index (χ4v) is 3.15. The molecular formula is C15H30N2O2. The van der Waals surface area contributed by atoms with Gasteiger partial charge in [-0.3, -0.25) is 0 Å². The Morgan fingerprint density at radius 2 is 2.11 bits per heavy atom. The van der Waals surface area contributed by atoms with Crippen molar-refractivity contribution in [2.45, 2.75) is 71.4 Å². The molecule has 0 aromatic carbocycles. The average molecular weight is 270 g/mol. The van der Waals surface area contributed by atoms with E-state index in [2.05, 4.69) is 6.92 Å². The largest absolute Gasteiger partial charge is 0.444 e. The van der Waals surface area contributed by atoms with Crippen LogP contribution in [0.4, 0.5) is 4.79 Å². The van der Waals surface area contributed by atoms with Gasteiger partial charge in [0.2, 0.25) is 0 Å². The minimum atomic E-state index is -0.458. The summed E-state index contributed by atoms with van der Waals surface area (Å²) in [6.45, 7) is 11.1. The molecule has 19 heavy (non-hydrogen) atoms. The lowest BCUT2D eigenvalue weighted by molar-refractivity contribution is -0.0144. The number of hydrogen-bond acceptors (Lipinski definition) is 3. The van der Waals surface area contributed by atoms with Crippen molar-refractivity contribution in [3.63, 3.8) is 0 Å². The molecular weight excluding hydrogens is 240 g/mol. The number of ether oxygens (including phenoxy) is 1. The van der Waals surface area contributed by atoms with Crippen LogP contribution in [0, 0.1) is 5.92 Å². The third kappa shape index (κ3) is 4.10. The van der Waals surface area contributed by atoms with Crippen LogP contribution in [0.1, 0.15) is 60.3 Å². The van der Waals surface area contributed by atoms with Crippen molar-refractivity contribution >= 4 is 6.09 Å². The molecule has 0 aliphatic heterocycles. The van der Waals surface area contributed by atoms with E-state index >= 15 is 0 Å². The van der Waals surface area contributed by atoms with Gasteiger partial charge in [0, 0.05) is 13.1 Å². The lowest BCUT2D eigenvalue weighted by atomic mass is 9.75. The Bertz CT molecular complexity index is 312. The molecule has 2 atom stereocenters. The van der Waals surface area contributed by atoms with E-state index in [1.54, 1.807) is 0 Å². The summed E-state index contributed by atoms with van der Waals surface area (Å²) < 4.78 is 5.54. The molecule has 0 heterocycles. The van der Waals surface area contributed by atoms with E-state index in [9.17, 15) is 4.79 Å². The molecule has 2 N–H and O–H groups in total. The van der Waals surface area contributed by atoms with Crippen molar-refractivity contribution in [1.29, 1.82) is 0 Å². The van der Waals surface area contributed by atoms with Gasteiger partial charge in [0.1, 0.15) is 5.60 Å². The van der Waals surface area contributed by atoms with Gasteiger partial charge in [-0.25, -0.2) is 4.79 Å². The number of nitrogens with zero attached hydrogens (tertiary/aromatic N) is 1. The molecule has 0 aromatic heterocycles. The molecule has 4 heteroatoms. The second kappa shape index (κ2) is 6.12. The van der Waals surface area contributed by atoms with Gasteiger partial charge in [0.15, 0.2) is 0 Å². The molecule has 0 spiro atoms. The SMILES string of the molecule is CCN(C(=O)OC(C)(C)C)C1(CN)CCCC(C)C1. The standard InChI is InChI=1S/C15H30N2O2/c1-6-17(13(18)19-14(3,4)5)15(11-16)9-7-8-12(2)10-15/h12H,6-11,16H2,1-5H3. The van der Waals surface area contributed by atoms with Gasteiger partial charge < -0.3 is 15.4 Å². The zero-order chi connectivity index (χ0) is 14.7. The molecule has 0 bridgehead atoms. The van der Waals surface area contributed by atoms with Crippen LogP contribution < -0.4 is 5.73 Å². The third-order valence-electron chi connectivity index (χ3n) is 3.95. The summed E-state index contributed by atoms with van der Waals surface area (Å²) in [5.74, 6) is 0.619. The Kier molecular flexibility index (Phi) is 5.25. The van der Waals surface area contributed by atoms with Gasteiger partial charge in [-0.15, -0.1) is 0 Å². The summed E-state index contributed by atoms with van der Waals surface area (Å²) in [6, 6.07) is 0. The van der Waals surface area contributed by atoms with Crippen molar-refractivity contribution in [1.82, 2.24) is 4.90 Å². The molecule has 1 aliphatic rings. The maximum Gasteiger partial charge on any atom is 0.410 e. The Hall–Kier alpha value is -0.770. The first-order valence-corrected chi connectivity index (χ1v) is 7.45. The number of carbonyl (C=O) groups is 1. The number of amides is 1. The van der Waals surface area contributed by atoms with E-state index < -0.39 is 5.60 Å². The number of hydrogen-bond donors (Lipinski definition) is 1. The van der Waals surface area contributed by atoms with E-state index in [1.807, 2.05) is 32.6 Å². The van der Waals surface area contributed by atoms with Crippen LogP contribution in [0.15, 0.2) is 0 Å². The third-order valence-corrected chi connectivity index (χ3v) is 3.95. The van der Waals surface area contributed by atoms with Crippen LogP contribution in [-0.4, -0.2) is 35.2 Å². The van der Waals surface area contributed by atoms with E-state index in [-0.39, 0.29) is 11.6 Å². The van der Waals surface area contributed by atoms with E-state index in [4.69, 9.17) is 10.5 Å². The summed E-state index contributed by atoms with van der Waals surface area (Å²) in [5, 5.41) is 0. The summed E-state index contributed by atoms with van der Waals surface area (Å²) >= 11 is 0. The monoisotopic (exact) mass is 270 g/mol. The second-order valence-corrected chi connectivity index (χ2v) is 6.85. The van der Waals surface area contributed by atoms with E-state index in [0.717, 1.165) is 19.3 Å². The molecule has 1 saturated carbocycles. The highest BCUT2D eigenvalue weighted by atomic mass is 16.6.